The summed E-state index contributed by atoms with van der Waals surface area (Å²) in [7, 11) is 0. The Morgan fingerprint density at radius 1 is 0.970 bits per heavy atom. The number of anilines is 1. The van der Waals surface area contributed by atoms with E-state index < -0.39 is 0 Å². The summed E-state index contributed by atoms with van der Waals surface area (Å²) in [6.07, 6.45) is 8.60. The molecule has 4 aromatic rings. The largest absolute Gasteiger partial charge is 0.383 e. The molecular weight excluding hydrogens is 408 g/mol. The minimum atomic E-state index is 0.295. The smallest absolute Gasteiger partial charge is 0.165 e. The predicted octanol–water partition coefficient (Wildman–Crippen LogP) is 5.16. The van der Waals surface area contributed by atoms with E-state index in [0.717, 1.165) is 52.3 Å². The average molecular weight is 439 g/mol. The van der Waals surface area contributed by atoms with Gasteiger partial charge in [-0.2, -0.15) is 9.61 Å². The first-order valence-corrected chi connectivity index (χ1v) is 12.0. The molecule has 2 aliphatic rings. The van der Waals surface area contributed by atoms with Crippen LogP contribution in [0.3, 0.4) is 0 Å². The van der Waals surface area contributed by atoms with Crippen LogP contribution in [0.15, 0.2) is 54.9 Å². The monoisotopic (exact) mass is 438 g/mol. The van der Waals surface area contributed by atoms with Gasteiger partial charge in [0, 0.05) is 46.5 Å². The Kier molecular flexibility index (Phi) is 4.91. The molecule has 5 heterocycles. The fraction of sp³-hybridized carbons (Fsp3) is 0.370. The van der Waals surface area contributed by atoms with Gasteiger partial charge >= 0.3 is 0 Å². The molecule has 168 valence electrons. The molecule has 6 rings (SSSR count). The number of nitrogen functional groups attached to an aromatic ring is 1. The molecule has 2 saturated heterocycles. The molecule has 1 aromatic carbocycles. The van der Waals surface area contributed by atoms with Gasteiger partial charge in [-0.3, -0.25) is 4.98 Å². The van der Waals surface area contributed by atoms with Crippen LogP contribution < -0.4 is 11.1 Å². The quantitative estimate of drug-likeness (QED) is 0.460. The van der Waals surface area contributed by atoms with E-state index in [1.54, 1.807) is 0 Å². The van der Waals surface area contributed by atoms with Gasteiger partial charge in [0.25, 0.3) is 0 Å². The summed E-state index contributed by atoms with van der Waals surface area (Å²) in [5.41, 5.74) is 13.9. The van der Waals surface area contributed by atoms with Gasteiger partial charge in [0.1, 0.15) is 5.82 Å². The summed E-state index contributed by atoms with van der Waals surface area (Å²) < 4.78 is 1.81. The number of piperidine rings is 1. The molecule has 2 bridgehead atoms. The topological polar surface area (TPSA) is 81.1 Å². The van der Waals surface area contributed by atoms with E-state index in [1.807, 2.05) is 35.1 Å². The maximum absolute atomic E-state index is 6.73. The minimum absolute atomic E-state index is 0.295. The molecule has 6 heteroatoms. The number of nitrogens with zero attached hydrogens (tertiary/aromatic N) is 4. The van der Waals surface area contributed by atoms with Crippen molar-refractivity contribution in [3.8, 4) is 22.4 Å². The van der Waals surface area contributed by atoms with Crippen LogP contribution in [0.4, 0.5) is 5.82 Å². The van der Waals surface area contributed by atoms with E-state index in [2.05, 4.69) is 48.5 Å². The highest BCUT2D eigenvalue weighted by molar-refractivity contribution is 5.79. The highest BCUT2D eigenvalue weighted by Crippen LogP contribution is 2.41. The van der Waals surface area contributed by atoms with Crippen LogP contribution in [0.5, 0.6) is 0 Å². The molecule has 0 amide bonds. The second-order valence-corrected chi connectivity index (χ2v) is 9.85. The highest BCUT2D eigenvalue weighted by Gasteiger charge is 2.36. The van der Waals surface area contributed by atoms with Gasteiger partial charge in [0.05, 0.1) is 17.6 Å². The number of aromatic nitrogens is 4. The van der Waals surface area contributed by atoms with E-state index >= 15 is 0 Å². The standard InChI is InChI=1S/C27H30N6/c1-16(2)24-25(19-12-20-9-10-21(13-19)31-20)32-27-22(15-30-33(27)26(24)28)18-8-11-23(29-14-18)17-6-4-3-5-7-17/h3-8,11,14-16,19-21,31H,9-10,12-13,28H2,1-2H3. The Morgan fingerprint density at radius 2 is 1.73 bits per heavy atom. The number of nitrogens with two attached hydrogens (primary N) is 1. The third-order valence-corrected chi connectivity index (χ3v) is 7.33. The van der Waals surface area contributed by atoms with Gasteiger partial charge < -0.3 is 11.1 Å². The normalized spacial score (nSPS) is 22.3. The van der Waals surface area contributed by atoms with Gasteiger partial charge in [-0.25, -0.2) is 4.98 Å². The molecule has 3 N–H and O–H groups in total. The van der Waals surface area contributed by atoms with Crippen molar-refractivity contribution in [1.82, 2.24) is 24.9 Å². The van der Waals surface area contributed by atoms with E-state index in [4.69, 9.17) is 15.7 Å². The Morgan fingerprint density at radius 3 is 2.39 bits per heavy atom. The molecular formula is C27H30N6. The van der Waals surface area contributed by atoms with Crippen molar-refractivity contribution in [2.24, 2.45) is 0 Å². The summed E-state index contributed by atoms with van der Waals surface area (Å²) >= 11 is 0. The van der Waals surface area contributed by atoms with Crippen molar-refractivity contribution >= 4 is 11.5 Å². The Balaban J connectivity index is 1.44. The summed E-state index contributed by atoms with van der Waals surface area (Å²) in [5, 5.41) is 8.39. The third kappa shape index (κ3) is 3.49. The van der Waals surface area contributed by atoms with Gasteiger partial charge in [0.2, 0.25) is 0 Å². The lowest BCUT2D eigenvalue weighted by Gasteiger charge is -2.31. The Labute approximate surface area is 194 Å². The van der Waals surface area contributed by atoms with E-state index in [9.17, 15) is 0 Å². The van der Waals surface area contributed by atoms with Crippen molar-refractivity contribution in [1.29, 1.82) is 0 Å². The van der Waals surface area contributed by atoms with Crippen LogP contribution in [0.25, 0.3) is 28.0 Å². The molecule has 2 fully saturated rings. The molecule has 6 nitrogen and oxygen atoms in total. The fourth-order valence-electron chi connectivity index (χ4n) is 5.77. The Hall–Kier alpha value is -3.25. The fourth-order valence-corrected chi connectivity index (χ4v) is 5.77. The summed E-state index contributed by atoms with van der Waals surface area (Å²) in [6.45, 7) is 4.41. The molecule has 0 aliphatic carbocycles. The molecule has 0 saturated carbocycles. The number of fused-ring (bicyclic) bond motifs is 3. The molecule has 0 spiro atoms. The molecule has 0 radical (unpaired) electrons. The van der Waals surface area contributed by atoms with Crippen LogP contribution in [0.1, 0.15) is 62.6 Å². The third-order valence-electron chi connectivity index (χ3n) is 7.33. The maximum atomic E-state index is 6.73. The van der Waals surface area contributed by atoms with Crippen LogP contribution in [-0.4, -0.2) is 31.7 Å². The maximum Gasteiger partial charge on any atom is 0.165 e. The van der Waals surface area contributed by atoms with Crippen LogP contribution >= 0.6 is 0 Å². The molecule has 2 aliphatic heterocycles. The first kappa shape index (κ1) is 20.4. The van der Waals surface area contributed by atoms with Crippen molar-refractivity contribution in [2.45, 2.75) is 63.5 Å². The molecule has 33 heavy (non-hydrogen) atoms. The van der Waals surface area contributed by atoms with Gasteiger partial charge in [-0.15, -0.1) is 0 Å². The Bertz CT molecular complexity index is 1280. The number of hydrogen-bond donors (Lipinski definition) is 2. The summed E-state index contributed by atoms with van der Waals surface area (Å²) in [5.74, 6) is 1.45. The number of hydrogen-bond acceptors (Lipinski definition) is 5. The second-order valence-electron chi connectivity index (χ2n) is 9.85. The zero-order chi connectivity index (χ0) is 22.5. The molecule has 2 unspecified atom stereocenters. The van der Waals surface area contributed by atoms with Gasteiger partial charge in [-0.05, 0) is 37.7 Å². The summed E-state index contributed by atoms with van der Waals surface area (Å²) in [4.78, 5) is 9.98. The van der Waals surface area contributed by atoms with Crippen molar-refractivity contribution in [2.75, 3.05) is 5.73 Å². The van der Waals surface area contributed by atoms with E-state index in [-0.39, 0.29) is 0 Å². The van der Waals surface area contributed by atoms with Crippen molar-refractivity contribution < 1.29 is 0 Å². The molecule has 3 aromatic heterocycles. The SMILES string of the molecule is CC(C)c1c(C2CC3CCC(C2)N3)nc2c(-c3ccc(-c4ccccc4)nc3)cnn2c1N. The van der Waals surface area contributed by atoms with Gasteiger partial charge in [0.15, 0.2) is 5.65 Å². The van der Waals surface area contributed by atoms with Crippen LogP contribution in [0, 0.1) is 0 Å². The molecule has 2 atom stereocenters. The lowest BCUT2D eigenvalue weighted by molar-refractivity contribution is 0.357. The first-order valence-electron chi connectivity index (χ1n) is 12.0. The van der Waals surface area contributed by atoms with Crippen LogP contribution in [0.2, 0.25) is 0 Å². The van der Waals surface area contributed by atoms with Crippen molar-refractivity contribution in [3.63, 3.8) is 0 Å². The zero-order valence-electron chi connectivity index (χ0n) is 19.2. The number of pyridine rings is 1. The lowest BCUT2D eigenvalue weighted by Crippen LogP contribution is -2.37. The minimum Gasteiger partial charge on any atom is -0.383 e. The van der Waals surface area contributed by atoms with Gasteiger partial charge in [-0.1, -0.05) is 50.2 Å². The van der Waals surface area contributed by atoms with Crippen molar-refractivity contribution in [3.05, 3.63) is 66.1 Å². The average Bonchev–Trinajstić information content (AvgIpc) is 3.42. The first-order chi connectivity index (χ1) is 16.1. The second kappa shape index (κ2) is 7.96. The lowest BCUT2D eigenvalue weighted by atomic mass is 9.85. The zero-order valence-corrected chi connectivity index (χ0v) is 19.2. The summed E-state index contributed by atoms with van der Waals surface area (Å²) in [6, 6.07) is 15.6. The number of rotatable bonds is 4. The number of nitrogens with one attached hydrogen (secondary N) is 1. The highest BCUT2D eigenvalue weighted by atomic mass is 15.3. The number of benzene rings is 1. The van der Waals surface area contributed by atoms with E-state index in [1.165, 1.54) is 18.5 Å². The van der Waals surface area contributed by atoms with Crippen LogP contribution in [-0.2, 0) is 0 Å². The van der Waals surface area contributed by atoms with E-state index in [0.29, 0.717) is 23.9 Å². The predicted molar refractivity (Wildman–Crippen MR) is 132 cm³/mol.